The molecule has 5 nitrogen and oxygen atoms in total. The Labute approximate surface area is 146 Å². The Morgan fingerprint density at radius 3 is 2.67 bits per heavy atom. The first-order valence-electron chi connectivity index (χ1n) is 8.26. The summed E-state index contributed by atoms with van der Waals surface area (Å²) >= 11 is 1.19. The number of aryl methyl sites for hydroxylation is 1. The van der Waals surface area contributed by atoms with E-state index in [0.717, 1.165) is 30.0 Å². The number of carbonyl (C=O) groups is 1. The van der Waals surface area contributed by atoms with Crippen LogP contribution >= 0.6 is 11.3 Å². The number of nitrogens with zero attached hydrogens (tertiary/aromatic N) is 3. The van der Waals surface area contributed by atoms with E-state index in [0.29, 0.717) is 13.0 Å². The van der Waals surface area contributed by atoms with E-state index in [2.05, 4.69) is 24.9 Å². The Kier molecular flexibility index (Phi) is 4.76. The molecular formula is C18H23N3O2S. The van der Waals surface area contributed by atoms with Gasteiger partial charge < -0.3 is 14.4 Å². The van der Waals surface area contributed by atoms with E-state index in [-0.39, 0.29) is 16.8 Å². The zero-order chi connectivity index (χ0) is 17.3. The van der Waals surface area contributed by atoms with Gasteiger partial charge in [0.1, 0.15) is 0 Å². The summed E-state index contributed by atoms with van der Waals surface area (Å²) in [5.74, 6) is 0.0720. The van der Waals surface area contributed by atoms with Gasteiger partial charge in [0, 0.05) is 43.7 Å². The Morgan fingerprint density at radius 2 is 2.00 bits per heavy atom. The van der Waals surface area contributed by atoms with Crippen LogP contribution in [0.2, 0.25) is 0 Å². The first-order valence-corrected chi connectivity index (χ1v) is 9.14. The summed E-state index contributed by atoms with van der Waals surface area (Å²) in [6.07, 6.45) is 1.26. The van der Waals surface area contributed by atoms with Gasteiger partial charge in [-0.25, -0.2) is 0 Å². The maximum absolute atomic E-state index is 12.9. The lowest BCUT2D eigenvalue weighted by molar-refractivity contribution is -0.119. The molecule has 1 aromatic carbocycles. The molecule has 1 amide bonds. The summed E-state index contributed by atoms with van der Waals surface area (Å²) in [5, 5.41) is 1.84. The predicted molar refractivity (Wildman–Crippen MR) is 99.2 cm³/mol. The minimum absolute atomic E-state index is 0.00403. The molecule has 0 fully saturated rings. The van der Waals surface area contributed by atoms with Crippen LogP contribution in [0.5, 0.6) is 0 Å². The van der Waals surface area contributed by atoms with E-state index < -0.39 is 0 Å². The number of carbonyl (C=O) groups excluding carboxylic acids is 1. The minimum atomic E-state index is 0.00403. The number of rotatable bonds is 3. The van der Waals surface area contributed by atoms with E-state index in [4.69, 9.17) is 0 Å². The molecule has 0 unspecified atom stereocenters. The Morgan fingerprint density at radius 1 is 1.29 bits per heavy atom. The molecule has 0 radical (unpaired) electrons. The number of aromatic nitrogens is 1. The number of fused-ring (bicyclic) bond motifs is 1. The molecule has 1 atom stereocenters. The molecule has 0 aliphatic carbocycles. The molecule has 3 rings (SSSR count). The van der Waals surface area contributed by atoms with Gasteiger partial charge in [0.2, 0.25) is 5.91 Å². The van der Waals surface area contributed by atoms with Crippen molar-refractivity contribution in [2.75, 3.05) is 23.4 Å². The second kappa shape index (κ2) is 6.81. The van der Waals surface area contributed by atoms with Crippen LogP contribution in [-0.4, -0.2) is 30.1 Å². The lowest BCUT2D eigenvalue weighted by Crippen LogP contribution is -2.39. The maximum Gasteiger partial charge on any atom is 0.307 e. The van der Waals surface area contributed by atoms with E-state index in [1.807, 2.05) is 35.4 Å². The highest BCUT2D eigenvalue weighted by Crippen LogP contribution is 2.34. The molecule has 1 aliphatic heterocycles. The summed E-state index contributed by atoms with van der Waals surface area (Å²) in [5.41, 5.74) is 2.96. The Balaban J connectivity index is 1.85. The van der Waals surface area contributed by atoms with Gasteiger partial charge in [-0.1, -0.05) is 23.5 Å². The zero-order valence-electron chi connectivity index (χ0n) is 14.4. The van der Waals surface area contributed by atoms with Crippen LogP contribution in [0, 0.1) is 6.92 Å². The molecule has 2 aromatic rings. The van der Waals surface area contributed by atoms with Crippen LogP contribution in [0.4, 0.5) is 11.4 Å². The minimum Gasteiger partial charge on any atom is -0.373 e. The Hall–Kier alpha value is -2.08. The van der Waals surface area contributed by atoms with Crippen molar-refractivity contribution in [2.45, 2.75) is 39.3 Å². The van der Waals surface area contributed by atoms with Crippen LogP contribution in [-0.2, 0) is 11.3 Å². The fourth-order valence-electron chi connectivity index (χ4n) is 3.24. The highest BCUT2D eigenvalue weighted by molar-refractivity contribution is 7.07. The molecule has 1 aliphatic rings. The molecule has 128 valence electrons. The maximum atomic E-state index is 12.9. The molecule has 0 saturated heterocycles. The van der Waals surface area contributed by atoms with Gasteiger partial charge in [-0.3, -0.25) is 9.59 Å². The molecule has 0 N–H and O–H groups in total. The quantitative estimate of drug-likeness (QED) is 0.859. The highest BCUT2D eigenvalue weighted by Gasteiger charge is 2.28. The van der Waals surface area contributed by atoms with Gasteiger partial charge in [0.25, 0.3) is 0 Å². The molecule has 2 heterocycles. The fourth-order valence-corrected chi connectivity index (χ4v) is 4.00. The average molecular weight is 345 g/mol. The van der Waals surface area contributed by atoms with Gasteiger partial charge in [-0.15, -0.1) is 0 Å². The SMILES string of the molecule is Cc1csc(=O)n1CCC(=O)N1c2ccccc2N(C)CC[C@H]1C. The van der Waals surface area contributed by atoms with Crippen LogP contribution in [0.3, 0.4) is 0 Å². The highest BCUT2D eigenvalue weighted by atomic mass is 32.1. The smallest absolute Gasteiger partial charge is 0.307 e. The van der Waals surface area contributed by atoms with Gasteiger partial charge in [0.05, 0.1) is 11.4 Å². The number of para-hydroxylation sites is 2. The van der Waals surface area contributed by atoms with Crippen LogP contribution in [0.1, 0.15) is 25.5 Å². The molecular weight excluding hydrogens is 322 g/mol. The standard InChI is InChI=1S/C18H23N3O2S/c1-13-8-10-19(3)15-6-4-5-7-16(15)21(13)17(22)9-11-20-14(2)12-24-18(20)23/h4-7,12-13H,8-11H2,1-3H3/t13-/m1/s1. The normalized spacial score (nSPS) is 17.5. The summed E-state index contributed by atoms with van der Waals surface area (Å²) in [7, 11) is 2.06. The third-order valence-corrected chi connectivity index (χ3v) is 5.55. The van der Waals surface area contributed by atoms with Crippen LogP contribution in [0.15, 0.2) is 34.4 Å². The summed E-state index contributed by atoms with van der Waals surface area (Å²) in [4.78, 5) is 28.9. The van der Waals surface area contributed by atoms with E-state index in [1.165, 1.54) is 11.3 Å². The van der Waals surface area contributed by atoms with E-state index >= 15 is 0 Å². The molecule has 6 heteroatoms. The third-order valence-electron chi connectivity index (χ3n) is 4.67. The third kappa shape index (κ3) is 3.11. The van der Waals surface area contributed by atoms with Crippen molar-refractivity contribution in [1.29, 1.82) is 0 Å². The van der Waals surface area contributed by atoms with Crippen molar-refractivity contribution >= 4 is 28.6 Å². The number of amides is 1. The van der Waals surface area contributed by atoms with Crippen LogP contribution < -0.4 is 14.7 Å². The second-order valence-corrected chi connectivity index (χ2v) is 7.18. The zero-order valence-corrected chi connectivity index (χ0v) is 15.2. The number of benzene rings is 1. The first kappa shape index (κ1) is 16.8. The molecule has 0 saturated carbocycles. The summed E-state index contributed by atoms with van der Waals surface area (Å²) in [6.45, 7) is 5.36. The van der Waals surface area contributed by atoms with E-state index in [1.54, 1.807) is 4.57 Å². The molecule has 1 aromatic heterocycles. The van der Waals surface area contributed by atoms with E-state index in [9.17, 15) is 9.59 Å². The number of hydrogen-bond acceptors (Lipinski definition) is 4. The van der Waals surface area contributed by atoms with Crippen LogP contribution in [0.25, 0.3) is 0 Å². The van der Waals surface area contributed by atoms with Crippen molar-refractivity contribution in [2.24, 2.45) is 0 Å². The number of anilines is 2. The molecule has 0 bridgehead atoms. The van der Waals surface area contributed by atoms with Crippen molar-refractivity contribution < 1.29 is 4.79 Å². The lowest BCUT2D eigenvalue weighted by atomic mass is 10.1. The van der Waals surface area contributed by atoms with Gasteiger partial charge in [-0.2, -0.15) is 0 Å². The number of thiazole rings is 1. The summed E-state index contributed by atoms with van der Waals surface area (Å²) < 4.78 is 1.68. The van der Waals surface area contributed by atoms with Crippen molar-refractivity contribution in [3.05, 3.63) is 45.0 Å². The van der Waals surface area contributed by atoms with Crippen molar-refractivity contribution in [3.63, 3.8) is 0 Å². The summed E-state index contributed by atoms with van der Waals surface area (Å²) in [6, 6.07) is 8.18. The van der Waals surface area contributed by atoms with Gasteiger partial charge in [-0.05, 0) is 32.4 Å². The molecule has 0 spiro atoms. The van der Waals surface area contributed by atoms with Gasteiger partial charge in [0.15, 0.2) is 0 Å². The predicted octanol–water partition coefficient (Wildman–Crippen LogP) is 2.87. The fraction of sp³-hybridized carbons (Fsp3) is 0.444. The second-order valence-electron chi connectivity index (χ2n) is 6.36. The topological polar surface area (TPSA) is 45.6 Å². The Bertz CT molecular complexity index is 796. The van der Waals surface area contributed by atoms with Crippen molar-refractivity contribution in [3.8, 4) is 0 Å². The first-order chi connectivity index (χ1) is 11.5. The van der Waals surface area contributed by atoms with Gasteiger partial charge >= 0.3 is 4.87 Å². The van der Waals surface area contributed by atoms with Crippen molar-refractivity contribution in [1.82, 2.24) is 4.57 Å². The lowest BCUT2D eigenvalue weighted by Gasteiger charge is -2.28. The number of hydrogen-bond donors (Lipinski definition) is 0. The largest absolute Gasteiger partial charge is 0.373 e. The molecule has 24 heavy (non-hydrogen) atoms. The monoisotopic (exact) mass is 345 g/mol. The average Bonchev–Trinajstić information content (AvgIpc) is 2.82.